The molecule has 0 fully saturated rings. The Labute approximate surface area is 162 Å². The molecule has 1 amide bonds. The second kappa shape index (κ2) is 6.96. The Balaban J connectivity index is 1.76. The number of hydrogen-bond donors (Lipinski definition) is 1. The van der Waals surface area contributed by atoms with Crippen molar-refractivity contribution in [3.05, 3.63) is 76.2 Å². The minimum Gasteiger partial charge on any atom is -0.324 e. The van der Waals surface area contributed by atoms with Crippen molar-refractivity contribution in [1.82, 2.24) is 14.2 Å². The van der Waals surface area contributed by atoms with Gasteiger partial charge in [-0.1, -0.05) is 44.2 Å². The molecule has 142 valence electrons. The van der Waals surface area contributed by atoms with Gasteiger partial charge in [0.1, 0.15) is 12.2 Å². The molecule has 0 aliphatic carbocycles. The molecule has 0 spiro atoms. The average Bonchev–Trinajstić information content (AvgIpc) is 3.07. The first kappa shape index (κ1) is 18.0. The smallest absolute Gasteiger partial charge is 0.262 e. The van der Waals surface area contributed by atoms with Crippen LogP contribution < -0.4 is 10.9 Å². The van der Waals surface area contributed by atoms with E-state index in [0.29, 0.717) is 11.0 Å². The van der Waals surface area contributed by atoms with E-state index in [1.54, 1.807) is 10.6 Å². The van der Waals surface area contributed by atoms with Gasteiger partial charge in [-0.15, -0.1) is 0 Å². The summed E-state index contributed by atoms with van der Waals surface area (Å²) in [6.45, 7) is 5.95. The fraction of sp³-hybridized carbons (Fsp3) is 0.227. The maximum Gasteiger partial charge on any atom is 0.262 e. The van der Waals surface area contributed by atoms with Gasteiger partial charge in [-0.2, -0.15) is 5.10 Å². The van der Waals surface area contributed by atoms with Gasteiger partial charge in [-0.05, 0) is 36.6 Å². The number of hydrogen-bond acceptors (Lipinski definition) is 3. The molecule has 2 aromatic carbocycles. The summed E-state index contributed by atoms with van der Waals surface area (Å²) >= 11 is 0. The predicted molar refractivity (Wildman–Crippen MR) is 111 cm³/mol. The van der Waals surface area contributed by atoms with Gasteiger partial charge in [0.25, 0.3) is 5.56 Å². The minimum absolute atomic E-state index is 0.0786. The summed E-state index contributed by atoms with van der Waals surface area (Å²) in [7, 11) is 0. The molecule has 0 saturated heterocycles. The standard InChI is InChI=1S/C22H22N4O2/c1-14(2)16-8-4-6-10-18(16)23-20(27)13-25-21-12-15(3)24-26(21)19-11-7-5-9-17(19)22(25)28/h4-12,14H,13H2,1-3H3,(H,23,27). The van der Waals surface area contributed by atoms with E-state index in [2.05, 4.69) is 24.3 Å². The van der Waals surface area contributed by atoms with Crippen molar-refractivity contribution in [2.75, 3.05) is 5.32 Å². The lowest BCUT2D eigenvalue weighted by Crippen LogP contribution is -2.29. The van der Waals surface area contributed by atoms with Crippen molar-refractivity contribution in [3.63, 3.8) is 0 Å². The van der Waals surface area contributed by atoms with E-state index in [0.717, 1.165) is 22.5 Å². The summed E-state index contributed by atoms with van der Waals surface area (Å²) < 4.78 is 3.21. The number of nitrogens with zero attached hydrogens (tertiary/aromatic N) is 3. The Kier molecular flexibility index (Phi) is 4.47. The number of rotatable bonds is 4. The van der Waals surface area contributed by atoms with E-state index in [4.69, 9.17) is 0 Å². The van der Waals surface area contributed by atoms with Gasteiger partial charge in [0.05, 0.1) is 16.6 Å². The fourth-order valence-electron chi connectivity index (χ4n) is 3.54. The van der Waals surface area contributed by atoms with Crippen LogP contribution in [0.5, 0.6) is 0 Å². The molecular weight excluding hydrogens is 352 g/mol. The zero-order valence-electron chi connectivity index (χ0n) is 16.1. The molecule has 6 heteroatoms. The van der Waals surface area contributed by atoms with E-state index in [9.17, 15) is 9.59 Å². The Morgan fingerprint density at radius 3 is 2.61 bits per heavy atom. The molecule has 6 nitrogen and oxygen atoms in total. The zero-order chi connectivity index (χ0) is 19.8. The summed E-state index contributed by atoms with van der Waals surface area (Å²) in [6.07, 6.45) is 0. The molecule has 0 aliphatic rings. The molecule has 4 aromatic rings. The predicted octanol–water partition coefficient (Wildman–Crippen LogP) is 3.72. The third kappa shape index (κ3) is 3.07. The number of anilines is 1. The highest BCUT2D eigenvalue weighted by Gasteiger charge is 2.16. The largest absolute Gasteiger partial charge is 0.324 e. The number of fused-ring (bicyclic) bond motifs is 3. The molecular formula is C22H22N4O2. The molecule has 2 heterocycles. The fourth-order valence-corrected chi connectivity index (χ4v) is 3.54. The number of aryl methyl sites for hydroxylation is 1. The van der Waals surface area contributed by atoms with Crippen molar-refractivity contribution in [3.8, 4) is 0 Å². The number of benzene rings is 2. The second-order valence-electron chi connectivity index (χ2n) is 7.25. The Morgan fingerprint density at radius 2 is 1.82 bits per heavy atom. The lowest BCUT2D eigenvalue weighted by Gasteiger charge is -2.15. The van der Waals surface area contributed by atoms with E-state index in [1.807, 2.05) is 55.5 Å². The van der Waals surface area contributed by atoms with Crippen LogP contribution in [0.1, 0.15) is 31.0 Å². The van der Waals surface area contributed by atoms with Crippen LogP contribution in [-0.2, 0) is 11.3 Å². The van der Waals surface area contributed by atoms with E-state index < -0.39 is 0 Å². The normalized spacial score (nSPS) is 11.4. The molecule has 0 radical (unpaired) electrons. The molecule has 1 N–H and O–H groups in total. The topological polar surface area (TPSA) is 68.4 Å². The van der Waals surface area contributed by atoms with Crippen molar-refractivity contribution in [2.24, 2.45) is 0 Å². The highest BCUT2D eigenvalue weighted by molar-refractivity contribution is 5.92. The number of para-hydroxylation sites is 2. The highest BCUT2D eigenvalue weighted by Crippen LogP contribution is 2.23. The molecule has 0 saturated carbocycles. The van der Waals surface area contributed by atoms with Crippen LogP contribution in [0.25, 0.3) is 16.6 Å². The first-order valence-electron chi connectivity index (χ1n) is 9.32. The van der Waals surface area contributed by atoms with Crippen molar-refractivity contribution in [2.45, 2.75) is 33.2 Å². The average molecular weight is 374 g/mol. The first-order valence-corrected chi connectivity index (χ1v) is 9.32. The number of carbonyl (C=O) groups is 1. The van der Waals surface area contributed by atoms with Gasteiger partial charge < -0.3 is 5.32 Å². The minimum atomic E-state index is -0.244. The lowest BCUT2D eigenvalue weighted by molar-refractivity contribution is -0.116. The molecule has 0 bridgehead atoms. The second-order valence-corrected chi connectivity index (χ2v) is 7.25. The van der Waals surface area contributed by atoms with Crippen LogP contribution in [0.2, 0.25) is 0 Å². The Bertz CT molecular complexity index is 1250. The van der Waals surface area contributed by atoms with Gasteiger partial charge in [0.15, 0.2) is 0 Å². The lowest BCUT2D eigenvalue weighted by atomic mass is 10.0. The number of amides is 1. The number of carbonyl (C=O) groups excluding carboxylic acids is 1. The summed E-state index contributed by atoms with van der Waals surface area (Å²) in [6, 6.07) is 16.9. The maximum atomic E-state index is 13.1. The summed E-state index contributed by atoms with van der Waals surface area (Å²) in [4.78, 5) is 25.9. The molecule has 0 unspecified atom stereocenters. The molecule has 0 atom stereocenters. The van der Waals surface area contributed by atoms with Gasteiger partial charge >= 0.3 is 0 Å². The van der Waals surface area contributed by atoms with Gasteiger partial charge in [0.2, 0.25) is 5.91 Å². The van der Waals surface area contributed by atoms with Crippen molar-refractivity contribution >= 4 is 28.1 Å². The quantitative estimate of drug-likeness (QED) is 0.592. The van der Waals surface area contributed by atoms with Gasteiger partial charge in [-0.25, -0.2) is 4.52 Å². The first-order chi connectivity index (χ1) is 13.5. The molecule has 4 rings (SSSR count). The van der Waals surface area contributed by atoms with Crippen LogP contribution in [0, 0.1) is 6.92 Å². The van der Waals surface area contributed by atoms with Crippen LogP contribution in [-0.4, -0.2) is 20.1 Å². The third-order valence-electron chi connectivity index (χ3n) is 4.86. The maximum absolute atomic E-state index is 13.1. The highest BCUT2D eigenvalue weighted by atomic mass is 16.2. The monoisotopic (exact) mass is 374 g/mol. The van der Waals surface area contributed by atoms with Crippen LogP contribution >= 0.6 is 0 Å². The Hall–Kier alpha value is -3.41. The van der Waals surface area contributed by atoms with Crippen molar-refractivity contribution < 1.29 is 4.79 Å². The molecule has 28 heavy (non-hydrogen) atoms. The third-order valence-corrected chi connectivity index (χ3v) is 4.86. The SMILES string of the molecule is Cc1cc2n(CC(=O)Nc3ccccc3C(C)C)c(=O)c3ccccc3n2n1. The van der Waals surface area contributed by atoms with E-state index in [1.165, 1.54) is 4.57 Å². The van der Waals surface area contributed by atoms with E-state index >= 15 is 0 Å². The summed E-state index contributed by atoms with van der Waals surface area (Å²) in [5, 5.41) is 7.99. The number of nitrogens with one attached hydrogen (secondary N) is 1. The van der Waals surface area contributed by atoms with Gasteiger partial charge in [-0.3, -0.25) is 14.2 Å². The van der Waals surface area contributed by atoms with Gasteiger partial charge in [0, 0.05) is 11.8 Å². The van der Waals surface area contributed by atoms with E-state index in [-0.39, 0.29) is 23.9 Å². The Morgan fingerprint density at radius 1 is 1.11 bits per heavy atom. The number of aromatic nitrogens is 3. The zero-order valence-corrected chi connectivity index (χ0v) is 16.1. The van der Waals surface area contributed by atoms with Crippen LogP contribution in [0.15, 0.2) is 59.4 Å². The summed E-state index contributed by atoms with van der Waals surface area (Å²) in [5.41, 5.74) is 3.76. The van der Waals surface area contributed by atoms with Crippen LogP contribution in [0.3, 0.4) is 0 Å². The molecule has 2 aromatic heterocycles. The molecule has 0 aliphatic heterocycles. The summed E-state index contributed by atoms with van der Waals surface area (Å²) in [5.74, 6) is 0.0373. The van der Waals surface area contributed by atoms with Crippen LogP contribution in [0.4, 0.5) is 5.69 Å². The van der Waals surface area contributed by atoms with Crippen molar-refractivity contribution in [1.29, 1.82) is 0 Å².